The molecule has 78 valence electrons. The van der Waals surface area contributed by atoms with E-state index < -0.39 is 17.8 Å². The van der Waals surface area contributed by atoms with Gasteiger partial charge in [0.2, 0.25) is 5.67 Å². The Morgan fingerprint density at radius 2 is 1.92 bits per heavy atom. The zero-order valence-electron chi connectivity index (χ0n) is 7.00. The van der Waals surface area contributed by atoms with Gasteiger partial charge in [-0.15, -0.1) is 0 Å². The molecule has 0 aromatic rings. The average Bonchev–Trinajstić information content (AvgIpc) is 2.03. The third-order valence-electron chi connectivity index (χ3n) is 2.65. The molecule has 1 aliphatic rings. The van der Waals surface area contributed by atoms with Gasteiger partial charge in [0.1, 0.15) is 0 Å². The van der Waals surface area contributed by atoms with Crippen LogP contribution in [-0.2, 0) is 0 Å². The maximum Gasteiger partial charge on any atom is 0.422 e. The minimum Gasteiger partial charge on any atom is -0.234 e. The number of alkyl halides is 5. The summed E-state index contributed by atoms with van der Waals surface area (Å²) in [5.74, 6) is -0.916. The molecule has 1 aliphatic carbocycles. The Labute approximate surface area is 82.8 Å². The molecule has 1 rings (SSSR count). The molecule has 0 spiro atoms. The van der Waals surface area contributed by atoms with E-state index >= 15 is 0 Å². The summed E-state index contributed by atoms with van der Waals surface area (Å²) in [6, 6.07) is 0. The van der Waals surface area contributed by atoms with Gasteiger partial charge in [-0.05, 0) is 19.3 Å². The van der Waals surface area contributed by atoms with Crippen molar-refractivity contribution in [2.45, 2.75) is 37.5 Å². The first-order valence-electron chi connectivity index (χ1n) is 4.23. The smallest absolute Gasteiger partial charge is 0.234 e. The van der Waals surface area contributed by atoms with Crippen LogP contribution in [0, 0.1) is 5.92 Å². The van der Waals surface area contributed by atoms with Crippen molar-refractivity contribution in [3.63, 3.8) is 0 Å². The third kappa shape index (κ3) is 2.00. The van der Waals surface area contributed by atoms with Crippen molar-refractivity contribution in [2.75, 3.05) is 5.33 Å². The topological polar surface area (TPSA) is 0 Å². The molecule has 0 aromatic heterocycles. The van der Waals surface area contributed by atoms with Gasteiger partial charge in [-0.2, -0.15) is 13.2 Å². The normalized spacial score (nSPS) is 36.2. The molecule has 0 N–H and O–H groups in total. The molecule has 5 heteroatoms. The molecular weight excluding hydrogens is 252 g/mol. The van der Waals surface area contributed by atoms with Gasteiger partial charge in [0.05, 0.1) is 0 Å². The predicted octanol–water partition coefficient (Wildman–Crippen LogP) is 3.84. The van der Waals surface area contributed by atoms with Gasteiger partial charge >= 0.3 is 6.18 Å². The molecule has 0 aliphatic heterocycles. The Morgan fingerprint density at radius 3 is 2.31 bits per heavy atom. The van der Waals surface area contributed by atoms with Gasteiger partial charge in [0, 0.05) is 11.2 Å². The predicted molar refractivity (Wildman–Crippen MR) is 45.6 cm³/mol. The molecule has 0 aromatic carbocycles. The lowest BCUT2D eigenvalue weighted by molar-refractivity contribution is -0.254. The second-order valence-corrected chi connectivity index (χ2v) is 4.10. The zero-order chi connectivity index (χ0) is 10.1. The Hall–Kier alpha value is 0.200. The highest BCUT2D eigenvalue weighted by molar-refractivity contribution is 9.09. The van der Waals surface area contributed by atoms with Crippen LogP contribution < -0.4 is 0 Å². The van der Waals surface area contributed by atoms with Gasteiger partial charge in [-0.3, -0.25) is 0 Å². The minimum atomic E-state index is -4.72. The number of hydrogen-bond acceptors (Lipinski definition) is 0. The van der Waals surface area contributed by atoms with E-state index in [1.54, 1.807) is 0 Å². The van der Waals surface area contributed by atoms with E-state index in [2.05, 4.69) is 15.9 Å². The molecule has 0 saturated heterocycles. The van der Waals surface area contributed by atoms with Crippen LogP contribution >= 0.6 is 15.9 Å². The Balaban J connectivity index is 2.83. The SMILES string of the molecule is FC(F)(F)C1(F)CCCCC1CBr. The highest BCUT2D eigenvalue weighted by atomic mass is 79.9. The molecule has 0 heterocycles. The summed E-state index contributed by atoms with van der Waals surface area (Å²) in [6.07, 6.45) is -3.75. The second kappa shape index (κ2) is 3.75. The van der Waals surface area contributed by atoms with Gasteiger partial charge in [0.25, 0.3) is 0 Å². The second-order valence-electron chi connectivity index (χ2n) is 3.46. The molecule has 2 unspecified atom stereocenters. The van der Waals surface area contributed by atoms with Crippen molar-refractivity contribution in [1.29, 1.82) is 0 Å². The van der Waals surface area contributed by atoms with Crippen LogP contribution in [0.1, 0.15) is 25.7 Å². The first-order valence-corrected chi connectivity index (χ1v) is 5.35. The van der Waals surface area contributed by atoms with E-state index in [9.17, 15) is 17.6 Å². The van der Waals surface area contributed by atoms with E-state index in [1.165, 1.54) is 0 Å². The summed E-state index contributed by atoms with van der Waals surface area (Å²) in [7, 11) is 0. The van der Waals surface area contributed by atoms with Crippen LogP contribution in [0.15, 0.2) is 0 Å². The van der Waals surface area contributed by atoms with Crippen molar-refractivity contribution < 1.29 is 17.6 Å². The summed E-state index contributed by atoms with van der Waals surface area (Å²) in [5.41, 5.74) is -2.96. The highest BCUT2D eigenvalue weighted by Gasteiger charge is 2.60. The monoisotopic (exact) mass is 262 g/mol. The summed E-state index contributed by atoms with van der Waals surface area (Å²) in [4.78, 5) is 0. The van der Waals surface area contributed by atoms with Crippen LogP contribution in [0.2, 0.25) is 0 Å². The molecule has 0 nitrogen and oxygen atoms in total. The lowest BCUT2D eigenvalue weighted by Crippen LogP contribution is -2.49. The standard InChI is InChI=1S/C8H11BrF4/c9-5-6-3-1-2-4-7(6,10)8(11,12)13/h6H,1-5H2. The summed E-state index contributed by atoms with van der Waals surface area (Å²) in [5, 5.41) is 0.0863. The van der Waals surface area contributed by atoms with Crippen LogP contribution in [0.3, 0.4) is 0 Å². The van der Waals surface area contributed by atoms with Crippen molar-refractivity contribution in [3.8, 4) is 0 Å². The number of hydrogen-bond donors (Lipinski definition) is 0. The van der Waals surface area contributed by atoms with E-state index in [4.69, 9.17) is 0 Å². The van der Waals surface area contributed by atoms with Crippen molar-refractivity contribution in [3.05, 3.63) is 0 Å². The Kier molecular flexibility index (Phi) is 3.25. The van der Waals surface area contributed by atoms with Crippen LogP contribution in [-0.4, -0.2) is 17.2 Å². The molecule has 1 fully saturated rings. The lowest BCUT2D eigenvalue weighted by Gasteiger charge is -2.38. The van der Waals surface area contributed by atoms with E-state index in [-0.39, 0.29) is 11.8 Å². The largest absolute Gasteiger partial charge is 0.422 e. The fourth-order valence-corrected chi connectivity index (χ4v) is 2.62. The quantitative estimate of drug-likeness (QED) is 0.498. The molecule has 1 saturated carbocycles. The van der Waals surface area contributed by atoms with Gasteiger partial charge in [0.15, 0.2) is 0 Å². The molecule has 0 amide bonds. The molecule has 0 bridgehead atoms. The average molecular weight is 263 g/mol. The van der Waals surface area contributed by atoms with Gasteiger partial charge < -0.3 is 0 Å². The highest BCUT2D eigenvalue weighted by Crippen LogP contribution is 2.48. The van der Waals surface area contributed by atoms with E-state index in [0.717, 1.165) is 0 Å². The Morgan fingerprint density at radius 1 is 1.31 bits per heavy atom. The molecular formula is C8H11BrF4. The lowest BCUT2D eigenvalue weighted by atomic mass is 9.77. The van der Waals surface area contributed by atoms with Crippen LogP contribution in [0.25, 0.3) is 0 Å². The number of halogens is 5. The summed E-state index contributed by atoms with van der Waals surface area (Å²) < 4.78 is 50.7. The van der Waals surface area contributed by atoms with Gasteiger partial charge in [-0.1, -0.05) is 22.4 Å². The van der Waals surface area contributed by atoms with Gasteiger partial charge in [-0.25, -0.2) is 4.39 Å². The van der Waals surface area contributed by atoms with Crippen molar-refractivity contribution in [1.82, 2.24) is 0 Å². The first kappa shape index (κ1) is 11.3. The number of rotatable bonds is 1. The molecule has 0 radical (unpaired) electrons. The first-order chi connectivity index (χ1) is 5.92. The van der Waals surface area contributed by atoms with E-state index in [1.807, 2.05) is 0 Å². The van der Waals surface area contributed by atoms with Crippen LogP contribution in [0.4, 0.5) is 17.6 Å². The molecule has 2 atom stereocenters. The van der Waals surface area contributed by atoms with Crippen LogP contribution in [0.5, 0.6) is 0 Å². The summed E-state index contributed by atoms with van der Waals surface area (Å²) in [6.45, 7) is 0. The summed E-state index contributed by atoms with van der Waals surface area (Å²) >= 11 is 2.94. The fourth-order valence-electron chi connectivity index (χ4n) is 1.78. The third-order valence-corrected chi connectivity index (χ3v) is 3.43. The van der Waals surface area contributed by atoms with Crippen molar-refractivity contribution >= 4 is 15.9 Å². The van der Waals surface area contributed by atoms with Crippen molar-refractivity contribution in [2.24, 2.45) is 5.92 Å². The maximum atomic E-state index is 13.6. The fraction of sp³-hybridized carbons (Fsp3) is 1.00. The Bertz CT molecular complexity index is 179. The maximum absolute atomic E-state index is 13.6. The zero-order valence-corrected chi connectivity index (χ0v) is 8.59. The molecule has 13 heavy (non-hydrogen) atoms. The minimum absolute atomic E-state index is 0.0863. The van der Waals surface area contributed by atoms with E-state index in [0.29, 0.717) is 19.3 Å².